The number of nitrogens with two attached hydrogens (primary N) is 1. The number of carbonyl (C=O) groups is 1. The summed E-state index contributed by atoms with van der Waals surface area (Å²) >= 11 is 0. The van der Waals surface area contributed by atoms with Gasteiger partial charge in [0.2, 0.25) is 0 Å². The molecule has 0 aliphatic rings. The number of ether oxygens (including phenoxy) is 1. The van der Waals surface area contributed by atoms with Crippen LogP contribution in [-0.4, -0.2) is 18.2 Å². The molecular weight excluding hydrogens is 208 g/mol. The average molecular weight is 218 g/mol. The van der Waals surface area contributed by atoms with Gasteiger partial charge in [-0.25, -0.2) is 4.79 Å². The van der Waals surface area contributed by atoms with Crippen LogP contribution in [0.2, 0.25) is 0 Å². The zero-order chi connectivity index (χ0) is 11.5. The fourth-order valence-electron chi connectivity index (χ4n) is 1.30. The van der Waals surface area contributed by atoms with Crippen LogP contribution < -0.4 is 5.73 Å². The molecule has 1 aromatic carbocycles. The number of hydrogen-bond acceptors (Lipinski definition) is 5. The fraction of sp³-hybridized carbons (Fsp3) is 0.0909. The van der Waals surface area contributed by atoms with Crippen molar-refractivity contribution in [1.29, 1.82) is 0 Å². The molecule has 5 heteroatoms. The minimum absolute atomic E-state index is 0.139. The Morgan fingerprint density at radius 3 is 2.94 bits per heavy atom. The summed E-state index contributed by atoms with van der Waals surface area (Å²) in [6, 6.07) is 8.63. The van der Waals surface area contributed by atoms with Gasteiger partial charge in [-0.1, -0.05) is 17.3 Å². The number of anilines is 1. The van der Waals surface area contributed by atoms with Crippen LogP contribution in [0, 0.1) is 0 Å². The quantitative estimate of drug-likeness (QED) is 0.613. The van der Waals surface area contributed by atoms with E-state index in [1.807, 2.05) is 6.07 Å². The molecule has 16 heavy (non-hydrogen) atoms. The molecule has 1 heterocycles. The van der Waals surface area contributed by atoms with E-state index in [0.717, 1.165) is 5.56 Å². The summed E-state index contributed by atoms with van der Waals surface area (Å²) < 4.78 is 9.55. The maximum atomic E-state index is 11.2. The van der Waals surface area contributed by atoms with Crippen molar-refractivity contribution in [2.24, 2.45) is 0 Å². The normalized spacial score (nSPS) is 10.1. The van der Waals surface area contributed by atoms with Crippen LogP contribution in [0.5, 0.6) is 0 Å². The highest BCUT2D eigenvalue weighted by molar-refractivity contribution is 5.88. The standard InChI is InChI=1S/C11H10N2O3/c1-15-11(14)9-6-10(16-13-9)7-3-2-4-8(12)5-7/h2-6H,12H2,1H3. The Hall–Kier alpha value is -2.30. The van der Waals surface area contributed by atoms with Gasteiger partial charge in [-0.15, -0.1) is 0 Å². The Balaban J connectivity index is 2.35. The number of benzene rings is 1. The third kappa shape index (κ3) is 1.88. The Morgan fingerprint density at radius 1 is 1.44 bits per heavy atom. The minimum atomic E-state index is -0.529. The third-order valence-corrected chi connectivity index (χ3v) is 2.08. The fourth-order valence-corrected chi connectivity index (χ4v) is 1.30. The van der Waals surface area contributed by atoms with Crippen LogP contribution in [0.25, 0.3) is 11.3 Å². The molecule has 2 N–H and O–H groups in total. The molecule has 0 amide bonds. The van der Waals surface area contributed by atoms with Crippen molar-refractivity contribution in [2.75, 3.05) is 12.8 Å². The lowest BCUT2D eigenvalue weighted by Gasteiger charge is -1.95. The first-order valence-corrected chi connectivity index (χ1v) is 4.61. The van der Waals surface area contributed by atoms with Gasteiger partial charge in [0.05, 0.1) is 7.11 Å². The second-order valence-electron chi connectivity index (χ2n) is 3.19. The summed E-state index contributed by atoms with van der Waals surface area (Å²) in [6.45, 7) is 0. The summed E-state index contributed by atoms with van der Waals surface area (Å²) in [5, 5.41) is 3.60. The molecule has 0 saturated carbocycles. The zero-order valence-electron chi connectivity index (χ0n) is 8.64. The van der Waals surface area contributed by atoms with Gasteiger partial charge in [0.25, 0.3) is 0 Å². The Kier molecular flexibility index (Phi) is 2.59. The molecule has 0 spiro atoms. The Morgan fingerprint density at radius 2 is 2.25 bits per heavy atom. The first kappa shape index (κ1) is 10.2. The second kappa shape index (κ2) is 4.06. The van der Waals surface area contributed by atoms with E-state index in [2.05, 4.69) is 9.89 Å². The van der Waals surface area contributed by atoms with Gasteiger partial charge in [0.1, 0.15) is 0 Å². The first-order valence-electron chi connectivity index (χ1n) is 4.61. The van der Waals surface area contributed by atoms with Crippen LogP contribution in [0.1, 0.15) is 10.5 Å². The van der Waals surface area contributed by atoms with Gasteiger partial charge in [0, 0.05) is 17.3 Å². The molecule has 5 nitrogen and oxygen atoms in total. The van der Waals surface area contributed by atoms with Crippen molar-refractivity contribution in [1.82, 2.24) is 5.16 Å². The molecule has 0 aliphatic carbocycles. The van der Waals surface area contributed by atoms with Crippen LogP contribution in [0.15, 0.2) is 34.9 Å². The number of methoxy groups -OCH3 is 1. The summed E-state index contributed by atoms with van der Waals surface area (Å²) in [7, 11) is 1.29. The highest BCUT2D eigenvalue weighted by atomic mass is 16.5. The number of esters is 1. The van der Waals surface area contributed by atoms with E-state index in [4.69, 9.17) is 10.3 Å². The highest BCUT2D eigenvalue weighted by Crippen LogP contribution is 2.22. The molecule has 2 rings (SSSR count). The van der Waals surface area contributed by atoms with Crippen LogP contribution in [-0.2, 0) is 4.74 Å². The van der Waals surface area contributed by atoms with Crippen molar-refractivity contribution in [3.63, 3.8) is 0 Å². The van der Waals surface area contributed by atoms with Crippen LogP contribution in [0.3, 0.4) is 0 Å². The van der Waals surface area contributed by atoms with E-state index < -0.39 is 5.97 Å². The van der Waals surface area contributed by atoms with Gasteiger partial charge in [-0.3, -0.25) is 0 Å². The largest absolute Gasteiger partial charge is 0.464 e. The Bertz CT molecular complexity index is 519. The van der Waals surface area contributed by atoms with E-state index in [9.17, 15) is 4.79 Å². The number of nitrogens with zero attached hydrogens (tertiary/aromatic N) is 1. The lowest BCUT2D eigenvalue weighted by Crippen LogP contribution is -2.00. The number of rotatable bonds is 2. The summed E-state index contributed by atoms with van der Waals surface area (Å²) in [5.41, 5.74) is 7.16. The van der Waals surface area contributed by atoms with Gasteiger partial charge >= 0.3 is 5.97 Å². The lowest BCUT2D eigenvalue weighted by molar-refractivity contribution is 0.0589. The number of aromatic nitrogens is 1. The van der Waals surface area contributed by atoms with Gasteiger partial charge in [-0.05, 0) is 12.1 Å². The van der Waals surface area contributed by atoms with E-state index in [-0.39, 0.29) is 5.69 Å². The number of hydrogen-bond donors (Lipinski definition) is 1. The maximum absolute atomic E-state index is 11.2. The zero-order valence-corrected chi connectivity index (χ0v) is 8.64. The number of carbonyl (C=O) groups excluding carboxylic acids is 1. The van der Waals surface area contributed by atoms with E-state index in [1.165, 1.54) is 13.2 Å². The third-order valence-electron chi connectivity index (χ3n) is 2.08. The van der Waals surface area contributed by atoms with Gasteiger partial charge < -0.3 is 15.0 Å². The molecular formula is C11H10N2O3. The molecule has 0 fully saturated rings. The van der Waals surface area contributed by atoms with Gasteiger partial charge in [0.15, 0.2) is 11.5 Å². The van der Waals surface area contributed by atoms with Crippen molar-refractivity contribution in [3.8, 4) is 11.3 Å². The predicted molar refractivity (Wildman–Crippen MR) is 57.7 cm³/mol. The molecule has 0 unspecified atom stereocenters. The maximum Gasteiger partial charge on any atom is 0.360 e. The molecule has 0 radical (unpaired) electrons. The SMILES string of the molecule is COC(=O)c1cc(-c2cccc(N)c2)on1. The monoisotopic (exact) mass is 218 g/mol. The molecule has 0 bridgehead atoms. The van der Waals surface area contributed by atoms with Crippen molar-refractivity contribution in [2.45, 2.75) is 0 Å². The minimum Gasteiger partial charge on any atom is -0.464 e. The van der Waals surface area contributed by atoms with Crippen molar-refractivity contribution < 1.29 is 14.1 Å². The van der Waals surface area contributed by atoms with Crippen LogP contribution in [0.4, 0.5) is 5.69 Å². The number of nitrogen functional groups attached to an aromatic ring is 1. The van der Waals surface area contributed by atoms with Crippen LogP contribution >= 0.6 is 0 Å². The van der Waals surface area contributed by atoms with E-state index in [1.54, 1.807) is 18.2 Å². The smallest absolute Gasteiger partial charge is 0.360 e. The van der Waals surface area contributed by atoms with E-state index in [0.29, 0.717) is 11.4 Å². The summed E-state index contributed by atoms with van der Waals surface area (Å²) in [4.78, 5) is 11.2. The van der Waals surface area contributed by atoms with Crippen molar-refractivity contribution in [3.05, 3.63) is 36.0 Å². The highest BCUT2D eigenvalue weighted by Gasteiger charge is 2.13. The molecule has 0 saturated heterocycles. The van der Waals surface area contributed by atoms with Gasteiger partial charge in [-0.2, -0.15) is 0 Å². The molecule has 0 atom stereocenters. The molecule has 0 aliphatic heterocycles. The summed E-state index contributed by atoms with van der Waals surface area (Å²) in [5.74, 6) is -0.0494. The predicted octanol–water partition coefficient (Wildman–Crippen LogP) is 1.71. The second-order valence-corrected chi connectivity index (χ2v) is 3.19. The van der Waals surface area contributed by atoms with Crippen molar-refractivity contribution >= 4 is 11.7 Å². The molecule has 1 aromatic heterocycles. The van der Waals surface area contributed by atoms with E-state index >= 15 is 0 Å². The topological polar surface area (TPSA) is 78.4 Å². The first-order chi connectivity index (χ1) is 7.70. The average Bonchev–Trinajstić information content (AvgIpc) is 2.77. The summed E-state index contributed by atoms with van der Waals surface area (Å²) in [6.07, 6.45) is 0. The Labute approximate surface area is 91.8 Å². The molecule has 82 valence electrons. The molecule has 2 aromatic rings. The lowest BCUT2D eigenvalue weighted by atomic mass is 10.1.